The minimum Gasteiger partial charge on any atom is -0.497 e. The van der Waals surface area contributed by atoms with Crippen molar-refractivity contribution in [2.45, 2.75) is 58.0 Å². The fourth-order valence-corrected chi connectivity index (χ4v) is 5.42. The first-order valence-electron chi connectivity index (χ1n) is 11.7. The van der Waals surface area contributed by atoms with Gasteiger partial charge in [0.2, 0.25) is 5.91 Å². The van der Waals surface area contributed by atoms with Crippen LogP contribution in [0.2, 0.25) is 0 Å². The molecule has 7 heteroatoms. The van der Waals surface area contributed by atoms with Crippen LogP contribution in [0.1, 0.15) is 64.1 Å². The van der Waals surface area contributed by atoms with Crippen molar-refractivity contribution in [2.24, 2.45) is 0 Å². The topological polar surface area (TPSA) is 71.5 Å². The quantitative estimate of drug-likeness (QED) is 0.480. The molecular weight excluding hydrogens is 446 g/mol. The van der Waals surface area contributed by atoms with E-state index in [1.165, 1.54) is 17.8 Å². The molecule has 1 N–H and O–H groups in total. The Labute approximate surface area is 205 Å². The second-order valence-electron chi connectivity index (χ2n) is 8.68. The molecule has 0 radical (unpaired) electrons. The Kier molecular flexibility index (Phi) is 7.63. The number of nitrogens with zero attached hydrogens (tertiary/aromatic N) is 2. The number of nitrogens with one attached hydrogen (secondary N) is 1. The number of carbonyl (C=O) groups is 2. The molecular formula is C27H31N3O3S. The van der Waals surface area contributed by atoms with Crippen molar-refractivity contribution in [3.63, 3.8) is 0 Å². The lowest BCUT2D eigenvalue weighted by atomic mass is 9.94. The molecule has 2 amide bonds. The van der Waals surface area contributed by atoms with Crippen LogP contribution in [0.3, 0.4) is 0 Å². The smallest absolute Gasteiger partial charge is 0.271 e. The summed E-state index contributed by atoms with van der Waals surface area (Å²) in [4.78, 5) is 34.5. The summed E-state index contributed by atoms with van der Waals surface area (Å²) in [6.45, 7) is 3.72. The second-order valence-corrected chi connectivity index (χ2v) is 9.88. The minimum absolute atomic E-state index is 0.127. The molecule has 1 aliphatic rings. The summed E-state index contributed by atoms with van der Waals surface area (Å²) in [5, 5.41) is 4.06. The number of anilines is 1. The Morgan fingerprint density at radius 3 is 2.44 bits per heavy atom. The van der Waals surface area contributed by atoms with E-state index in [2.05, 4.69) is 10.3 Å². The van der Waals surface area contributed by atoms with Gasteiger partial charge < -0.3 is 10.1 Å². The van der Waals surface area contributed by atoms with E-state index in [9.17, 15) is 9.59 Å². The first-order chi connectivity index (χ1) is 16.5. The van der Waals surface area contributed by atoms with Crippen molar-refractivity contribution >= 4 is 28.8 Å². The van der Waals surface area contributed by atoms with E-state index in [0.717, 1.165) is 36.3 Å². The van der Waals surface area contributed by atoms with Crippen LogP contribution >= 0.6 is 11.3 Å². The van der Waals surface area contributed by atoms with E-state index in [0.29, 0.717) is 22.0 Å². The number of rotatable bonds is 7. The van der Waals surface area contributed by atoms with E-state index in [1.807, 2.05) is 62.4 Å². The minimum atomic E-state index is -0.829. The molecule has 1 aromatic heterocycles. The SMILES string of the molecule is COc1cccc(N(C(=O)c2sc(C)nc2C)C(C(=O)NC2CCCCC2)c2ccccc2)c1. The van der Waals surface area contributed by atoms with E-state index in [4.69, 9.17) is 4.74 Å². The highest BCUT2D eigenvalue weighted by Gasteiger charge is 2.36. The number of amides is 2. The predicted octanol–water partition coefficient (Wildman–Crippen LogP) is 5.61. The van der Waals surface area contributed by atoms with Gasteiger partial charge in [-0.2, -0.15) is 0 Å². The lowest BCUT2D eigenvalue weighted by Gasteiger charge is -2.33. The van der Waals surface area contributed by atoms with Crippen LogP contribution in [0.4, 0.5) is 5.69 Å². The van der Waals surface area contributed by atoms with Gasteiger partial charge in [0.1, 0.15) is 16.7 Å². The Balaban J connectivity index is 1.82. The fourth-order valence-electron chi connectivity index (χ4n) is 4.56. The number of ether oxygens (including phenoxy) is 1. The van der Waals surface area contributed by atoms with Crippen LogP contribution in [0.5, 0.6) is 5.75 Å². The van der Waals surface area contributed by atoms with Crippen molar-refractivity contribution in [1.29, 1.82) is 0 Å². The third-order valence-corrected chi connectivity index (χ3v) is 7.28. The number of carbonyl (C=O) groups excluding carboxylic acids is 2. The summed E-state index contributed by atoms with van der Waals surface area (Å²) in [5.41, 5.74) is 2.02. The molecule has 0 bridgehead atoms. The summed E-state index contributed by atoms with van der Waals surface area (Å²) < 4.78 is 5.44. The molecule has 0 saturated heterocycles. The molecule has 6 nitrogen and oxygen atoms in total. The molecule has 4 rings (SSSR count). The number of aryl methyl sites for hydroxylation is 2. The van der Waals surface area contributed by atoms with Crippen LogP contribution in [0, 0.1) is 13.8 Å². The normalized spacial score (nSPS) is 14.9. The Morgan fingerprint density at radius 1 is 1.06 bits per heavy atom. The third-order valence-electron chi connectivity index (χ3n) is 6.22. The molecule has 1 aliphatic carbocycles. The van der Waals surface area contributed by atoms with Gasteiger partial charge in [0.25, 0.3) is 5.91 Å². The van der Waals surface area contributed by atoms with Gasteiger partial charge >= 0.3 is 0 Å². The first kappa shape index (κ1) is 24.0. The molecule has 34 heavy (non-hydrogen) atoms. The number of benzene rings is 2. The van der Waals surface area contributed by atoms with Gasteiger partial charge in [-0.1, -0.05) is 55.7 Å². The molecule has 2 aromatic carbocycles. The maximum absolute atomic E-state index is 14.1. The molecule has 1 unspecified atom stereocenters. The zero-order chi connectivity index (χ0) is 24.1. The highest BCUT2D eigenvalue weighted by Crippen LogP contribution is 2.34. The molecule has 1 fully saturated rings. The number of methoxy groups -OCH3 is 1. The van der Waals surface area contributed by atoms with Crippen molar-refractivity contribution in [3.05, 3.63) is 75.7 Å². The molecule has 1 saturated carbocycles. The standard InChI is InChI=1S/C27H31N3O3S/c1-18-25(34-19(2)28-18)27(32)30(22-15-10-16-23(17-22)33-3)24(20-11-6-4-7-12-20)26(31)29-21-13-8-5-9-14-21/h4,6-7,10-12,15-17,21,24H,5,8-9,13-14H2,1-3H3,(H,29,31). The van der Waals surface area contributed by atoms with Crippen molar-refractivity contribution in [2.75, 3.05) is 12.0 Å². The summed E-state index contributed by atoms with van der Waals surface area (Å²) in [6, 6.07) is 16.1. The third kappa shape index (κ3) is 5.30. The average Bonchev–Trinajstić information content (AvgIpc) is 3.20. The maximum atomic E-state index is 14.1. The van der Waals surface area contributed by atoms with Gasteiger partial charge in [-0.3, -0.25) is 14.5 Å². The molecule has 178 valence electrons. The van der Waals surface area contributed by atoms with Crippen LogP contribution in [-0.2, 0) is 4.79 Å². The van der Waals surface area contributed by atoms with E-state index in [-0.39, 0.29) is 17.9 Å². The van der Waals surface area contributed by atoms with Gasteiger partial charge in [-0.25, -0.2) is 4.98 Å². The van der Waals surface area contributed by atoms with Gasteiger partial charge in [0, 0.05) is 17.8 Å². The van der Waals surface area contributed by atoms with Crippen LogP contribution in [-0.4, -0.2) is 29.9 Å². The van der Waals surface area contributed by atoms with Crippen molar-refractivity contribution < 1.29 is 14.3 Å². The molecule has 1 heterocycles. The van der Waals surface area contributed by atoms with E-state index < -0.39 is 6.04 Å². The maximum Gasteiger partial charge on any atom is 0.271 e. The van der Waals surface area contributed by atoms with Crippen LogP contribution in [0.25, 0.3) is 0 Å². The largest absolute Gasteiger partial charge is 0.497 e. The second kappa shape index (κ2) is 10.8. The number of thiazole rings is 1. The Hall–Kier alpha value is -3.19. The summed E-state index contributed by atoms with van der Waals surface area (Å²) in [7, 11) is 1.59. The highest BCUT2D eigenvalue weighted by molar-refractivity contribution is 7.13. The number of hydrogen-bond acceptors (Lipinski definition) is 5. The zero-order valence-electron chi connectivity index (χ0n) is 19.9. The summed E-state index contributed by atoms with van der Waals surface area (Å²) in [6.07, 6.45) is 5.35. The van der Waals surface area contributed by atoms with Crippen LogP contribution in [0.15, 0.2) is 54.6 Å². The van der Waals surface area contributed by atoms with Crippen molar-refractivity contribution in [1.82, 2.24) is 10.3 Å². The van der Waals surface area contributed by atoms with E-state index in [1.54, 1.807) is 18.1 Å². The number of aromatic nitrogens is 1. The lowest BCUT2D eigenvalue weighted by molar-refractivity contribution is -0.123. The molecule has 1 atom stereocenters. The summed E-state index contributed by atoms with van der Waals surface area (Å²) >= 11 is 1.35. The molecule has 0 spiro atoms. The Bertz CT molecular complexity index is 1140. The zero-order valence-corrected chi connectivity index (χ0v) is 20.7. The monoisotopic (exact) mass is 477 g/mol. The fraction of sp³-hybridized carbons (Fsp3) is 0.370. The van der Waals surface area contributed by atoms with Gasteiger partial charge in [-0.05, 0) is 44.4 Å². The van der Waals surface area contributed by atoms with Gasteiger partial charge in [-0.15, -0.1) is 11.3 Å². The van der Waals surface area contributed by atoms with Gasteiger partial charge in [0.15, 0.2) is 0 Å². The Morgan fingerprint density at radius 2 is 1.79 bits per heavy atom. The molecule has 0 aliphatic heterocycles. The van der Waals surface area contributed by atoms with E-state index >= 15 is 0 Å². The van der Waals surface area contributed by atoms with Crippen LogP contribution < -0.4 is 15.0 Å². The predicted molar refractivity (Wildman–Crippen MR) is 136 cm³/mol. The van der Waals surface area contributed by atoms with Crippen molar-refractivity contribution in [3.8, 4) is 5.75 Å². The summed E-state index contributed by atoms with van der Waals surface area (Å²) in [5.74, 6) is 0.198. The lowest BCUT2D eigenvalue weighted by Crippen LogP contribution is -2.47. The molecule has 3 aromatic rings. The number of hydrogen-bond donors (Lipinski definition) is 1. The first-order valence-corrected chi connectivity index (χ1v) is 12.6. The highest BCUT2D eigenvalue weighted by atomic mass is 32.1. The average molecular weight is 478 g/mol. The van der Waals surface area contributed by atoms with Gasteiger partial charge in [0.05, 0.1) is 17.8 Å².